The van der Waals surface area contributed by atoms with Gasteiger partial charge in [0.2, 0.25) is 0 Å². The Morgan fingerprint density at radius 1 is 1.00 bits per heavy atom. The van der Waals surface area contributed by atoms with Crippen molar-refractivity contribution < 1.29 is 0 Å². The van der Waals surface area contributed by atoms with Crippen LogP contribution in [0.3, 0.4) is 0 Å². The van der Waals surface area contributed by atoms with Gasteiger partial charge in [-0.3, -0.25) is 4.68 Å². The predicted molar refractivity (Wildman–Crippen MR) is 66.0 cm³/mol. The molecule has 0 saturated carbocycles. The van der Waals surface area contributed by atoms with Crippen LogP contribution in [0.2, 0.25) is 0 Å². The topological polar surface area (TPSA) is 17.0 Å². The summed E-state index contributed by atoms with van der Waals surface area (Å²) in [7, 11) is 0. The maximum atomic E-state index is 3.52. The van der Waals surface area contributed by atoms with Gasteiger partial charge in [0.15, 0.2) is 0 Å². The van der Waals surface area contributed by atoms with Crippen LogP contribution in [0.5, 0.6) is 0 Å². The maximum absolute atomic E-state index is 3.52. The minimum atomic E-state index is 0.558. The minimum absolute atomic E-state index is 0.558. The van der Waals surface area contributed by atoms with Crippen LogP contribution in [0.25, 0.3) is 0 Å². The highest BCUT2D eigenvalue weighted by atomic mass is 15.4. The number of aromatic nitrogens is 1. The van der Waals surface area contributed by atoms with Crippen LogP contribution in [0, 0.1) is 0 Å². The largest absolute Gasteiger partial charge is 0.323 e. The summed E-state index contributed by atoms with van der Waals surface area (Å²) in [6.07, 6.45) is 7.65. The highest BCUT2D eigenvalue weighted by Crippen LogP contribution is 2.21. The Kier molecular flexibility index (Phi) is 2.41. The van der Waals surface area contributed by atoms with Crippen molar-refractivity contribution in [2.24, 2.45) is 0 Å². The molecule has 1 atom stereocenters. The van der Waals surface area contributed by atoms with E-state index in [9.17, 15) is 0 Å². The zero-order valence-corrected chi connectivity index (χ0v) is 9.26. The monoisotopic (exact) mass is 212 g/mol. The van der Waals surface area contributed by atoms with Gasteiger partial charge in [0.05, 0.1) is 0 Å². The lowest BCUT2D eigenvalue weighted by atomic mass is 9.89. The van der Waals surface area contributed by atoms with Crippen LogP contribution >= 0.6 is 0 Å². The summed E-state index contributed by atoms with van der Waals surface area (Å²) in [6, 6.07) is 13.4. The molecule has 1 aliphatic carbocycles. The van der Waals surface area contributed by atoms with Crippen molar-refractivity contribution in [1.29, 1.82) is 0 Å². The lowest BCUT2D eigenvalue weighted by Crippen LogP contribution is -2.32. The Balaban J connectivity index is 1.73. The molecule has 1 aromatic carbocycles. The first-order valence-corrected chi connectivity index (χ1v) is 5.88. The second-order valence-electron chi connectivity index (χ2n) is 4.43. The molecular weight excluding hydrogens is 196 g/mol. The second-order valence-corrected chi connectivity index (χ2v) is 4.43. The van der Waals surface area contributed by atoms with Gasteiger partial charge in [0.25, 0.3) is 0 Å². The maximum Gasteiger partial charge on any atom is 0.0467 e. The molecular formula is C14H16N2. The van der Waals surface area contributed by atoms with Gasteiger partial charge >= 0.3 is 0 Å². The summed E-state index contributed by atoms with van der Waals surface area (Å²) in [6.45, 7) is 0. The zero-order valence-electron chi connectivity index (χ0n) is 9.26. The molecule has 0 bridgehead atoms. The van der Waals surface area contributed by atoms with Crippen molar-refractivity contribution in [3.8, 4) is 0 Å². The van der Waals surface area contributed by atoms with Gasteiger partial charge in [0, 0.05) is 18.4 Å². The van der Waals surface area contributed by atoms with Crippen LogP contribution in [0.4, 0.5) is 0 Å². The number of nitrogens with zero attached hydrogens (tertiary/aromatic N) is 1. The van der Waals surface area contributed by atoms with Crippen LogP contribution in [-0.4, -0.2) is 10.7 Å². The van der Waals surface area contributed by atoms with E-state index in [4.69, 9.17) is 0 Å². The summed E-state index contributed by atoms with van der Waals surface area (Å²) in [5.41, 5.74) is 6.54. The molecule has 1 N–H and O–H groups in total. The van der Waals surface area contributed by atoms with Gasteiger partial charge in [-0.1, -0.05) is 24.3 Å². The smallest absolute Gasteiger partial charge is 0.0467 e. The fraction of sp³-hybridized carbons (Fsp3) is 0.286. The SMILES string of the molecule is c1ccc2c(c1)CCC(Nn1cccc1)C2. The molecule has 2 aromatic rings. The van der Waals surface area contributed by atoms with E-state index in [0.717, 1.165) is 6.42 Å². The lowest BCUT2D eigenvalue weighted by molar-refractivity contribution is 0.559. The third kappa shape index (κ3) is 1.83. The predicted octanol–water partition coefficient (Wildman–Crippen LogP) is 2.59. The fourth-order valence-corrected chi connectivity index (χ4v) is 2.44. The van der Waals surface area contributed by atoms with Crippen LogP contribution in [-0.2, 0) is 12.8 Å². The van der Waals surface area contributed by atoms with Crippen molar-refractivity contribution in [3.63, 3.8) is 0 Å². The van der Waals surface area contributed by atoms with Gasteiger partial charge in [-0.25, -0.2) is 0 Å². The van der Waals surface area contributed by atoms with E-state index in [1.807, 2.05) is 12.1 Å². The van der Waals surface area contributed by atoms with Crippen molar-refractivity contribution in [2.75, 3.05) is 5.43 Å². The van der Waals surface area contributed by atoms with Crippen molar-refractivity contribution in [1.82, 2.24) is 4.68 Å². The minimum Gasteiger partial charge on any atom is -0.323 e. The fourth-order valence-electron chi connectivity index (χ4n) is 2.44. The highest BCUT2D eigenvalue weighted by Gasteiger charge is 2.17. The van der Waals surface area contributed by atoms with E-state index in [1.165, 1.54) is 24.0 Å². The van der Waals surface area contributed by atoms with Gasteiger partial charge < -0.3 is 5.43 Å². The molecule has 0 saturated heterocycles. The summed E-state index contributed by atoms with van der Waals surface area (Å²) in [4.78, 5) is 0. The van der Waals surface area contributed by atoms with E-state index < -0.39 is 0 Å². The third-order valence-electron chi connectivity index (χ3n) is 3.28. The summed E-state index contributed by atoms with van der Waals surface area (Å²) < 4.78 is 2.05. The Labute approximate surface area is 95.9 Å². The molecule has 0 aliphatic heterocycles. The summed E-state index contributed by atoms with van der Waals surface area (Å²) >= 11 is 0. The van der Waals surface area contributed by atoms with Gasteiger partial charge in [-0.15, -0.1) is 0 Å². The molecule has 3 rings (SSSR count). The third-order valence-corrected chi connectivity index (χ3v) is 3.28. The van der Waals surface area contributed by atoms with E-state index in [0.29, 0.717) is 6.04 Å². The highest BCUT2D eigenvalue weighted by molar-refractivity contribution is 5.31. The molecule has 1 heterocycles. The Morgan fingerprint density at radius 2 is 1.75 bits per heavy atom. The molecule has 1 aromatic heterocycles. The van der Waals surface area contributed by atoms with Crippen molar-refractivity contribution in [2.45, 2.75) is 25.3 Å². The molecule has 0 radical (unpaired) electrons. The molecule has 16 heavy (non-hydrogen) atoms. The zero-order chi connectivity index (χ0) is 10.8. The molecule has 1 aliphatic rings. The number of hydrogen-bond acceptors (Lipinski definition) is 1. The van der Waals surface area contributed by atoms with Gasteiger partial charge in [-0.2, -0.15) is 0 Å². The van der Waals surface area contributed by atoms with Gasteiger partial charge in [0.1, 0.15) is 0 Å². The number of aryl methyl sites for hydroxylation is 1. The molecule has 82 valence electrons. The average Bonchev–Trinajstić information content (AvgIpc) is 2.82. The molecule has 0 amide bonds. The second kappa shape index (κ2) is 4.05. The molecule has 1 unspecified atom stereocenters. The van der Waals surface area contributed by atoms with Crippen molar-refractivity contribution in [3.05, 3.63) is 59.9 Å². The van der Waals surface area contributed by atoms with E-state index >= 15 is 0 Å². The van der Waals surface area contributed by atoms with E-state index in [-0.39, 0.29) is 0 Å². The quantitative estimate of drug-likeness (QED) is 0.809. The Morgan fingerprint density at radius 3 is 2.56 bits per heavy atom. The standard InChI is InChI=1S/C14H16N2/c1-2-6-13-11-14(8-7-12(13)5-1)15-16-9-3-4-10-16/h1-6,9-10,14-15H,7-8,11H2. The number of hydrogen-bond donors (Lipinski definition) is 1. The molecule has 0 fully saturated rings. The van der Waals surface area contributed by atoms with Crippen molar-refractivity contribution >= 4 is 0 Å². The molecule has 2 heteroatoms. The summed E-state index contributed by atoms with van der Waals surface area (Å²) in [5.74, 6) is 0. The Hall–Kier alpha value is -1.70. The number of rotatable bonds is 2. The first-order chi connectivity index (χ1) is 7.92. The first-order valence-electron chi connectivity index (χ1n) is 5.88. The Bertz CT molecular complexity index is 459. The first kappa shape index (κ1) is 9.52. The molecule has 0 spiro atoms. The average molecular weight is 212 g/mol. The number of nitrogens with one attached hydrogen (secondary N) is 1. The van der Waals surface area contributed by atoms with Crippen LogP contribution in [0.1, 0.15) is 17.5 Å². The van der Waals surface area contributed by atoms with E-state index in [2.05, 4.69) is 46.8 Å². The normalized spacial score (nSPS) is 19.1. The lowest BCUT2D eigenvalue weighted by Gasteiger charge is -2.26. The number of fused-ring (bicyclic) bond motifs is 1. The van der Waals surface area contributed by atoms with Crippen LogP contribution in [0.15, 0.2) is 48.8 Å². The van der Waals surface area contributed by atoms with Crippen LogP contribution < -0.4 is 5.43 Å². The molecule has 2 nitrogen and oxygen atoms in total. The van der Waals surface area contributed by atoms with Gasteiger partial charge in [-0.05, 0) is 42.5 Å². The summed E-state index contributed by atoms with van der Waals surface area (Å²) in [5, 5.41) is 0. The van der Waals surface area contributed by atoms with E-state index in [1.54, 1.807) is 0 Å². The number of benzene rings is 1.